The molecule has 1 heterocycles. The van der Waals surface area contributed by atoms with Crippen LogP contribution in [0, 0.1) is 0 Å². The van der Waals surface area contributed by atoms with Crippen LogP contribution in [0.1, 0.15) is 11.1 Å². The van der Waals surface area contributed by atoms with Crippen molar-refractivity contribution in [1.82, 2.24) is 9.82 Å². The number of nitrogens with zero attached hydrogens (tertiary/aromatic N) is 2. The van der Waals surface area contributed by atoms with Crippen LogP contribution in [0.15, 0.2) is 81.9 Å². The standard InChI is InChI=1S/C20H18ClN3O3S2/c1-27-19-10-5-15(12-16(19)14-28-20-4-2-3-11-22-20)13-23-24-29(25,26)18-8-6-17(21)7-9-18/h2-13,24H,14H2,1H3. The van der Waals surface area contributed by atoms with Crippen LogP contribution >= 0.6 is 23.4 Å². The van der Waals surface area contributed by atoms with E-state index in [0.29, 0.717) is 10.8 Å². The van der Waals surface area contributed by atoms with Gasteiger partial charge in [-0.15, -0.1) is 11.8 Å². The van der Waals surface area contributed by atoms with Crippen LogP contribution in [0.25, 0.3) is 0 Å². The third-order valence-corrected chi connectivity index (χ3v) is 6.31. The SMILES string of the molecule is COc1ccc(C=NNS(=O)(=O)c2ccc(Cl)cc2)cc1CSc1ccccn1. The van der Waals surface area contributed by atoms with Gasteiger partial charge in [0.25, 0.3) is 10.0 Å². The lowest BCUT2D eigenvalue weighted by atomic mass is 10.1. The van der Waals surface area contributed by atoms with Gasteiger partial charge in [-0.3, -0.25) is 0 Å². The zero-order chi connectivity index (χ0) is 20.7. The van der Waals surface area contributed by atoms with E-state index in [1.807, 2.05) is 30.3 Å². The van der Waals surface area contributed by atoms with Crippen LogP contribution in [0.5, 0.6) is 5.75 Å². The molecule has 150 valence electrons. The molecule has 0 fully saturated rings. The molecule has 3 aromatic rings. The molecule has 0 spiro atoms. The Kier molecular flexibility index (Phi) is 7.13. The van der Waals surface area contributed by atoms with Crippen molar-refractivity contribution in [3.05, 3.63) is 83.0 Å². The summed E-state index contributed by atoms with van der Waals surface area (Å²) in [4.78, 5) is 6.58. The Hall–Kier alpha value is -2.55. The highest BCUT2D eigenvalue weighted by Gasteiger charge is 2.12. The summed E-state index contributed by atoms with van der Waals surface area (Å²) in [6, 6.07) is 17.1. The highest BCUT2D eigenvalue weighted by Crippen LogP contribution is 2.27. The first kappa shape index (κ1) is 21.2. The molecule has 0 aliphatic carbocycles. The second-order valence-corrected chi connectivity index (χ2v) is 8.93. The summed E-state index contributed by atoms with van der Waals surface area (Å²) in [7, 11) is -2.15. The van der Waals surface area contributed by atoms with Crippen molar-refractivity contribution >= 4 is 39.6 Å². The lowest BCUT2D eigenvalue weighted by Crippen LogP contribution is -2.18. The number of hydrogen-bond donors (Lipinski definition) is 1. The fourth-order valence-electron chi connectivity index (χ4n) is 2.41. The molecule has 2 aromatic carbocycles. The molecule has 3 rings (SSSR count). The number of sulfonamides is 1. The van der Waals surface area contributed by atoms with Gasteiger partial charge in [-0.1, -0.05) is 17.7 Å². The van der Waals surface area contributed by atoms with E-state index in [1.165, 1.54) is 30.5 Å². The van der Waals surface area contributed by atoms with E-state index in [-0.39, 0.29) is 4.90 Å². The van der Waals surface area contributed by atoms with E-state index >= 15 is 0 Å². The first-order valence-electron chi connectivity index (χ1n) is 8.49. The van der Waals surface area contributed by atoms with Gasteiger partial charge in [0.1, 0.15) is 5.75 Å². The quantitative estimate of drug-likeness (QED) is 0.315. The first-order valence-corrected chi connectivity index (χ1v) is 11.3. The van der Waals surface area contributed by atoms with Gasteiger partial charge in [0, 0.05) is 22.5 Å². The minimum atomic E-state index is -3.76. The Balaban J connectivity index is 1.71. The Morgan fingerprint density at radius 3 is 2.66 bits per heavy atom. The van der Waals surface area contributed by atoms with Crippen LogP contribution in [-0.2, 0) is 15.8 Å². The predicted molar refractivity (Wildman–Crippen MR) is 116 cm³/mol. The second-order valence-electron chi connectivity index (χ2n) is 5.83. The van der Waals surface area contributed by atoms with E-state index in [2.05, 4.69) is 14.9 Å². The molecule has 1 N–H and O–H groups in total. The van der Waals surface area contributed by atoms with Crippen molar-refractivity contribution in [3.8, 4) is 5.75 Å². The highest BCUT2D eigenvalue weighted by molar-refractivity contribution is 7.98. The number of halogens is 1. The minimum absolute atomic E-state index is 0.0845. The Morgan fingerprint density at radius 2 is 1.97 bits per heavy atom. The third-order valence-electron chi connectivity index (χ3n) is 3.83. The van der Waals surface area contributed by atoms with E-state index < -0.39 is 10.0 Å². The van der Waals surface area contributed by atoms with Crippen molar-refractivity contribution in [1.29, 1.82) is 0 Å². The molecule has 0 aliphatic rings. The van der Waals surface area contributed by atoms with Crippen molar-refractivity contribution in [2.45, 2.75) is 15.7 Å². The Labute approximate surface area is 179 Å². The summed E-state index contributed by atoms with van der Waals surface area (Å²) in [6.45, 7) is 0. The minimum Gasteiger partial charge on any atom is -0.496 e. The number of nitrogens with one attached hydrogen (secondary N) is 1. The maximum atomic E-state index is 12.3. The zero-order valence-corrected chi connectivity index (χ0v) is 17.8. The average molecular weight is 448 g/mol. The summed E-state index contributed by atoms with van der Waals surface area (Å²) in [5.74, 6) is 1.39. The van der Waals surface area contributed by atoms with E-state index in [4.69, 9.17) is 16.3 Å². The smallest absolute Gasteiger partial charge is 0.276 e. The van der Waals surface area contributed by atoms with Crippen molar-refractivity contribution < 1.29 is 13.2 Å². The number of ether oxygens (including phenoxy) is 1. The molecule has 9 heteroatoms. The number of aromatic nitrogens is 1. The summed E-state index contributed by atoms with van der Waals surface area (Å²) < 4.78 is 29.9. The summed E-state index contributed by atoms with van der Waals surface area (Å²) in [5.41, 5.74) is 1.69. The fourth-order valence-corrected chi connectivity index (χ4v) is 4.17. The van der Waals surface area contributed by atoms with E-state index in [1.54, 1.807) is 31.1 Å². The van der Waals surface area contributed by atoms with Crippen molar-refractivity contribution in [3.63, 3.8) is 0 Å². The molecule has 29 heavy (non-hydrogen) atoms. The Morgan fingerprint density at radius 1 is 1.17 bits per heavy atom. The summed E-state index contributed by atoms with van der Waals surface area (Å²) >= 11 is 7.37. The molecule has 0 aliphatic heterocycles. The van der Waals surface area contributed by atoms with Crippen LogP contribution in [-0.4, -0.2) is 26.7 Å². The number of hydrazone groups is 1. The monoisotopic (exact) mass is 447 g/mol. The number of hydrogen-bond acceptors (Lipinski definition) is 6. The topological polar surface area (TPSA) is 80.6 Å². The molecule has 1 aromatic heterocycles. The van der Waals surface area contributed by atoms with E-state index in [9.17, 15) is 8.42 Å². The largest absolute Gasteiger partial charge is 0.496 e. The van der Waals surface area contributed by atoms with Crippen LogP contribution in [0.4, 0.5) is 0 Å². The first-order chi connectivity index (χ1) is 14.0. The van der Waals surface area contributed by atoms with Crippen molar-refractivity contribution in [2.75, 3.05) is 7.11 Å². The van der Waals surface area contributed by atoms with Gasteiger partial charge in [-0.25, -0.2) is 9.82 Å². The molecule has 0 saturated heterocycles. The second kappa shape index (κ2) is 9.78. The number of rotatable bonds is 8. The number of benzene rings is 2. The predicted octanol–water partition coefficient (Wildman–Crippen LogP) is 4.35. The normalized spacial score (nSPS) is 11.5. The average Bonchev–Trinajstić information content (AvgIpc) is 2.73. The summed E-state index contributed by atoms with van der Waals surface area (Å²) in [5, 5.41) is 5.24. The lowest BCUT2D eigenvalue weighted by molar-refractivity contribution is 0.411. The molecular formula is C20H18ClN3O3S2. The van der Waals surface area contributed by atoms with Gasteiger partial charge in [0.05, 0.1) is 23.2 Å². The number of methoxy groups -OCH3 is 1. The van der Waals surface area contributed by atoms with Crippen molar-refractivity contribution in [2.24, 2.45) is 5.10 Å². The van der Waals surface area contributed by atoms with Crippen LogP contribution < -0.4 is 9.57 Å². The molecule has 0 atom stereocenters. The van der Waals surface area contributed by atoms with Gasteiger partial charge in [0.2, 0.25) is 0 Å². The van der Waals surface area contributed by atoms with Crippen LogP contribution in [0.3, 0.4) is 0 Å². The van der Waals surface area contributed by atoms with E-state index in [0.717, 1.165) is 21.9 Å². The fraction of sp³-hybridized carbons (Fsp3) is 0.100. The van der Waals surface area contributed by atoms with Crippen LogP contribution in [0.2, 0.25) is 5.02 Å². The molecular weight excluding hydrogens is 430 g/mol. The molecule has 0 amide bonds. The molecule has 0 unspecified atom stereocenters. The highest BCUT2D eigenvalue weighted by atomic mass is 35.5. The lowest BCUT2D eigenvalue weighted by Gasteiger charge is -2.09. The maximum Gasteiger partial charge on any atom is 0.276 e. The van der Waals surface area contributed by atoms with Gasteiger partial charge < -0.3 is 4.74 Å². The zero-order valence-electron chi connectivity index (χ0n) is 15.4. The van der Waals surface area contributed by atoms with Gasteiger partial charge in [-0.05, 0) is 60.2 Å². The molecule has 6 nitrogen and oxygen atoms in total. The summed E-state index contributed by atoms with van der Waals surface area (Å²) in [6.07, 6.45) is 3.19. The molecule has 0 saturated carbocycles. The van der Waals surface area contributed by atoms with Gasteiger partial charge in [0.15, 0.2) is 0 Å². The number of pyridine rings is 1. The third kappa shape index (κ3) is 5.96. The molecule has 0 bridgehead atoms. The van der Waals surface area contributed by atoms with Gasteiger partial charge in [-0.2, -0.15) is 13.5 Å². The molecule has 0 radical (unpaired) electrons. The Bertz CT molecular complexity index is 1090. The maximum absolute atomic E-state index is 12.3. The van der Waals surface area contributed by atoms with Gasteiger partial charge >= 0.3 is 0 Å². The number of thioether (sulfide) groups is 1.